The highest BCUT2D eigenvalue weighted by Crippen LogP contribution is 2.35. The Bertz CT molecular complexity index is 953. The lowest BCUT2D eigenvalue weighted by atomic mass is 9.98. The third kappa shape index (κ3) is 2.93. The number of anilines is 3. The summed E-state index contributed by atoms with van der Waals surface area (Å²) >= 11 is 0. The van der Waals surface area contributed by atoms with Crippen molar-refractivity contribution in [3.63, 3.8) is 0 Å². The summed E-state index contributed by atoms with van der Waals surface area (Å²) in [6, 6.07) is 13.6. The van der Waals surface area contributed by atoms with Gasteiger partial charge >= 0.3 is 0 Å². The molecule has 28 heavy (non-hydrogen) atoms. The maximum atomic E-state index is 13.3. The molecule has 0 saturated carbocycles. The van der Waals surface area contributed by atoms with Gasteiger partial charge in [0.05, 0.1) is 12.8 Å². The molecule has 0 saturated heterocycles. The number of hydrazine groups is 1. The lowest BCUT2D eigenvalue weighted by Crippen LogP contribution is -2.45. The first kappa shape index (κ1) is 17.9. The minimum atomic E-state index is -0.713. The molecule has 0 bridgehead atoms. The second kappa shape index (κ2) is 6.90. The van der Waals surface area contributed by atoms with Crippen molar-refractivity contribution in [2.75, 3.05) is 29.3 Å². The molecule has 0 spiro atoms. The van der Waals surface area contributed by atoms with Crippen molar-refractivity contribution in [2.45, 2.75) is 12.5 Å². The van der Waals surface area contributed by atoms with Crippen LogP contribution < -0.4 is 31.5 Å². The van der Waals surface area contributed by atoms with Gasteiger partial charge in [-0.2, -0.15) is 0 Å². The lowest BCUT2D eigenvalue weighted by molar-refractivity contribution is -0.119. The standard InChI is InChI=1S/C20H21N5O3/c1-28-15-8-6-14(7-9-15)25-18-16(17(23-25)19(22)26)10-11-24(20(18)27)13-4-2-12(21)3-5-13/h2-9,17,23H,10-11,21H2,1H3,(H2,22,26). The number of primary amides is 1. The number of carbonyl (C=O) groups excluding carboxylic acids is 2. The molecule has 1 unspecified atom stereocenters. The van der Waals surface area contributed by atoms with Gasteiger partial charge in [-0.25, -0.2) is 5.43 Å². The Labute approximate surface area is 162 Å². The minimum absolute atomic E-state index is 0.196. The molecule has 0 radical (unpaired) electrons. The van der Waals surface area contributed by atoms with E-state index in [-0.39, 0.29) is 5.91 Å². The topological polar surface area (TPSA) is 114 Å². The van der Waals surface area contributed by atoms with Gasteiger partial charge in [0.2, 0.25) is 5.91 Å². The molecule has 0 aliphatic carbocycles. The van der Waals surface area contributed by atoms with Crippen molar-refractivity contribution in [1.82, 2.24) is 5.43 Å². The molecule has 2 aliphatic rings. The summed E-state index contributed by atoms with van der Waals surface area (Å²) in [6.45, 7) is 0.462. The summed E-state index contributed by atoms with van der Waals surface area (Å²) in [4.78, 5) is 27.0. The van der Waals surface area contributed by atoms with Gasteiger partial charge in [-0.1, -0.05) is 0 Å². The summed E-state index contributed by atoms with van der Waals surface area (Å²) in [7, 11) is 1.59. The molecule has 1 atom stereocenters. The summed E-state index contributed by atoms with van der Waals surface area (Å²) in [5, 5.41) is 1.63. The Morgan fingerprint density at radius 1 is 1.11 bits per heavy atom. The molecule has 8 heteroatoms. The Morgan fingerprint density at radius 2 is 1.75 bits per heavy atom. The Balaban J connectivity index is 1.73. The van der Waals surface area contributed by atoms with Crippen LogP contribution in [0.3, 0.4) is 0 Å². The van der Waals surface area contributed by atoms with Crippen molar-refractivity contribution in [3.05, 3.63) is 59.8 Å². The normalized spacial score (nSPS) is 19.0. The first-order chi connectivity index (χ1) is 13.5. The summed E-state index contributed by atoms with van der Waals surface area (Å²) in [6.07, 6.45) is 0.540. The number of rotatable bonds is 4. The summed E-state index contributed by atoms with van der Waals surface area (Å²) in [5.41, 5.74) is 17.6. The van der Waals surface area contributed by atoms with Crippen LogP contribution in [0.25, 0.3) is 0 Å². The first-order valence-electron chi connectivity index (χ1n) is 8.89. The Morgan fingerprint density at radius 3 is 2.36 bits per heavy atom. The quantitative estimate of drug-likeness (QED) is 0.687. The number of amides is 2. The number of benzene rings is 2. The predicted molar refractivity (Wildman–Crippen MR) is 106 cm³/mol. The number of nitrogen functional groups attached to an aromatic ring is 1. The molecule has 8 nitrogen and oxygen atoms in total. The van der Waals surface area contributed by atoms with Crippen LogP contribution in [0.15, 0.2) is 59.8 Å². The molecule has 2 amide bonds. The number of methoxy groups -OCH3 is 1. The highest BCUT2D eigenvalue weighted by atomic mass is 16.5. The maximum absolute atomic E-state index is 13.3. The maximum Gasteiger partial charge on any atom is 0.276 e. The number of carbonyl (C=O) groups is 2. The molecular formula is C20H21N5O3. The van der Waals surface area contributed by atoms with E-state index in [0.29, 0.717) is 41.4 Å². The van der Waals surface area contributed by atoms with Gasteiger partial charge in [-0.15, -0.1) is 0 Å². The third-order valence-electron chi connectivity index (χ3n) is 5.01. The van der Waals surface area contributed by atoms with Crippen LogP contribution in [0.1, 0.15) is 6.42 Å². The fraction of sp³-hybridized carbons (Fsp3) is 0.200. The summed E-state index contributed by atoms with van der Waals surface area (Å²) in [5.74, 6) is -0.0163. The van der Waals surface area contributed by atoms with E-state index in [2.05, 4.69) is 5.43 Å². The SMILES string of the molecule is COc1ccc(N2NC(C(N)=O)C3=C2C(=O)N(c2ccc(N)cc2)CC3)cc1. The lowest BCUT2D eigenvalue weighted by Gasteiger charge is -2.31. The molecule has 144 valence electrons. The van der Waals surface area contributed by atoms with Gasteiger partial charge in [0, 0.05) is 17.9 Å². The molecule has 2 aromatic carbocycles. The molecule has 4 rings (SSSR count). The highest BCUT2D eigenvalue weighted by Gasteiger charge is 2.43. The van der Waals surface area contributed by atoms with E-state index in [1.54, 1.807) is 41.3 Å². The summed E-state index contributed by atoms with van der Waals surface area (Å²) < 4.78 is 5.19. The fourth-order valence-electron chi connectivity index (χ4n) is 3.58. The third-order valence-corrected chi connectivity index (χ3v) is 5.01. The smallest absolute Gasteiger partial charge is 0.276 e. The zero-order chi connectivity index (χ0) is 19.8. The molecule has 2 aromatic rings. The average Bonchev–Trinajstić information content (AvgIpc) is 3.10. The number of ether oxygens (including phenoxy) is 1. The van der Waals surface area contributed by atoms with Crippen LogP contribution in [0, 0.1) is 0 Å². The van der Waals surface area contributed by atoms with Gasteiger partial charge in [0.25, 0.3) is 5.91 Å². The van der Waals surface area contributed by atoms with E-state index in [1.165, 1.54) is 0 Å². The Hall–Kier alpha value is -3.52. The first-order valence-corrected chi connectivity index (χ1v) is 8.89. The van der Waals surface area contributed by atoms with Crippen LogP contribution in [-0.2, 0) is 9.59 Å². The van der Waals surface area contributed by atoms with Gasteiger partial charge in [0.1, 0.15) is 17.5 Å². The van der Waals surface area contributed by atoms with E-state index in [1.807, 2.05) is 24.3 Å². The van der Waals surface area contributed by atoms with Gasteiger partial charge in [-0.3, -0.25) is 14.6 Å². The van der Waals surface area contributed by atoms with E-state index >= 15 is 0 Å². The number of nitrogens with zero attached hydrogens (tertiary/aromatic N) is 2. The molecular weight excluding hydrogens is 358 g/mol. The average molecular weight is 379 g/mol. The second-order valence-electron chi connectivity index (χ2n) is 6.67. The van der Waals surface area contributed by atoms with E-state index in [9.17, 15) is 9.59 Å². The van der Waals surface area contributed by atoms with Crippen LogP contribution in [0.2, 0.25) is 0 Å². The highest BCUT2D eigenvalue weighted by molar-refractivity contribution is 6.11. The van der Waals surface area contributed by atoms with Gasteiger partial charge in [0.15, 0.2) is 0 Å². The second-order valence-corrected chi connectivity index (χ2v) is 6.67. The van der Waals surface area contributed by atoms with Crippen molar-refractivity contribution in [1.29, 1.82) is 0 Å². The van der Waals surface area contributed by atoms with E-state index in [4.69, 9.17) is 16.2 Å². The number of hydrogen-bond acceptors (Lipinski definition) is 6. The Kier molecular flexibility index (Phi) is 4.40. The zero-order valence-corrected chi connectivity index (χ0v) is 15.4. The minimum Gasteiger partial charge on any atom is -0.497 e. The van der Waals surface area contributed by atoms with Crippen molar-refractivity contribution in [3.8, 4) is 5.75 Å². The van der Waals surface area contributed by atoms with Crippen molar-refractivity contribution < 1.29 is 14.3 Å². The molecule has 2 heterocycles. The van der Waals surface area contributed by atoms with Gasteiger partial charge < -0.3 is 21.1 Å². The van der Waals surface area contributed by atoms with Crippen LogP contribution >= 0.6 is 0 Å². The number of nitrogens with two attached hydrogens (primary N) is 2. The van der Waals surface area contributed by atoms with Crippen LogP contribution in [-0.4, -0.2) is 31.5 Å². The van der Waals surface area contributed by atoms with E-state index in [0.717, 1.165) is 5.69 Å². The van der Waals surface area contributed by atoms with Gasteiger partial charge in [-0.05, 0) is 60.5 Å². The van der Waals surface area contributed by atoms with E-state index < -0.39 is 11.9 Å². The fourth-order valence-corrected chi connectivity index (χ4v) is 3.58. The molecule has 2 aliphatic heterocycles. The number of nitrogens with one attached hydrogen (secondary N) is 1. The number of hydrogen-bond donors (Lipinski definition) is 3. The molecule has 0 aromatic heterocycles. The largest absolute Gasteiger partial charge is 0.497 e. The monoisotopic (exact) mass is 379 g/mol. The van der Waals surface area contributed by atoms with Crippen molar-refractivity contribution >= 4 is 28.9 Å². The predicted octanol–water partition coefficient (Wildman–Crippen LogP) is 1.15. The molecule has 5 N–H and O–H groups in total. The van der Waals surface area contributed by atoms with Crippen molar-refractivity contribution in [2.24, 2.45) is 5.73 Å². The zero-order valence-electron chi connectivity index (χ0n) is 15.4. The van der Waals surface area contributed by atoms with Crippen LogP contribution in [0.4, 0.5) is 17.1 Å². The molecule has 0 fully saturated rings. The van der Waals surface area contributed by atoms with Crippen LogP contribution in [0.5, 0.6) is 5.75 Å².